The molecule has 0 spiro atoms. The maximum absolute atomic E-state index is 12.7. The minimum Gasteiger partial charge on any atom is -0.362 e. The summed E-state index contributed by atoms with van der Waals surface area (Å²) in [5.41, 5.74) is -0.365. The van der Waals surface area contributed by atoms with E-state index in [4.69, 9.17) is 11.6 Å². The standard InChI is InChI=1S/C16H15ClF2N4O4S/c17-12-2-1-5-20-15(12)22-8-6-21(7-9-22)13-4-3-11(10-14(13)23(24)25)28(26,27)16(18)19/h1-5,10,16H,6-9H2. The summed E-state index contributed by atoms with van der Waals surface area (Å²) in [4.78, 5) is 17.7. The molecule has 0 bridgehead atoms. The van der Waals surface area contributed by atoms with E-state index in [0.29, 0.717) is 43.1 Å². The van der Waals surface area contributed by atoms with Gasteiger partial charge in [0.05, 0.1) is 14.8 Å². The van der Waals surface area contributed by atoms with Crippen molar-refractivity contribution in [2.24, 2.45) is 0 Å². The Labute approximate surface area is 164 Å². The third-order valence-corrected chi connectivity index (χ3v) is 6.04. The van der Waals surface area contributed by atoms with E-state index in [1.165, 1.54) is 6.07 Å². The molecule has 3 rings (SSSR count). The number of pyridine rings is 1. The summed E-state index contributed by atoms with van der Waals surface area (Å²) < 4.78 is 48.7. The van der Waals surface area contributed by atoms with Crippen LogP contribution >= 0.6 is 11.6 Å². The van der Waals surface area contributed by atoms with Gasteiger partial charge in [-0.2, -0.15) is 8.78 Å². The van der Waals surface area contributed by atoms with Crippen molar-refractivity contribution in [3.63, 3.8) is 0 Å². The number of hydrogen-bond donors (Lipinski definition) is 0. The Kier molecular flexibility index (Phi) is 5.66. The van der Waals surface area contributed by atoms with Crippen LogP contribution in [0.2, 0.25) is 5.02 Å². The quantitative estimate of drug-likeness (QED) is 0.529. The van der Waals surface area contributed by atoms with Crippen LogP contribution in [0.4, 0.5) is 26.0 Å². The second-order valence-electron chi connectivity index (χ2n) is 6.00. The van der Waals surface area contributed by atoms with E-state index < -0.39 is 31.1 Å². The average Bonchev–Trinajstić information content (AvgIpc) is 2.68. The number of rotatable bonds is 5. The van der Waals surface area contributed by atoms with Crippen LogP contribution in [0.3, 0.4) is 0 Å². The van der Waals surface area contributed by atoms with E-state index in [1.54, 1.807) is 23.2 Å². The maximum atomic E-state index is 12.7. The molecule has 1 aromatic heterocycles. The first-order chi connectivity index (χ1) is 13.2. The Morgan fingerprint density at radius 1 is 1.14 bits per heavy atom. The SMILES string of the molecule is O=[N+]([O-])c1cc(S(=O)(=O)C(F)F)ccc1N1CCN(c2ncccc2Cl)CC1. The normalized spacial score (nSPS) is 15.1. The van der Waals surface area contributed by atoms with E-state index in [9.17, 15) is 27.3 Å². The monoisotopic (exact) mass is 432 g/mol. The molecule has 0 unspecified atom stereocenters. The Morgan fingerprint density at radius 3 is 2.36 bits per heavy atom. The Morgan fingerprint density at radius 2 is 1.79 bits per heavy atom. The first kappa shape index (κ1) is 20.2. The molecule has 0 atom stereocenters. The van der Waals surface area contributed by atoms with Gasteiger partial charge in [0.15, 0.2) is 0 Å². The van der Waals surface area contributed by atoms with Crippen molar-refractivity contribution in [2.45, 2.75) is 10.7 Å². The molecule has 2 heterocycles. The topological polar surface area (TPSA) is 96.6 Å². The zero-order valence-electron chi connectivity index (χ0n) is 14.3. The Balaban J connectivity index is 1.85. The fourth-order valence-electron chi connectivity index (χ4n) is 2.97. The minimum absolute atomic E-state index is 0.171. The number of alkyl halides is 2. The zero-order chi connectivity index (χ0) is 20.5. The largest absolute Gasteiger partial charge is 0.362 e. The third-order valence-electron chi connectivity index (χ3n) is 4.37. The van der Waals surface area contributed by atoms with Crippen molar-refractivity contribution in [3.8, 4) is 0 Å². The van der Waals surface area contributed by atoms with E-state index >= 15 is 0 Å². The van der Waals surface area contributed by atoms with Crippen molar-refractivity contribution in [2.75, 3.05) is 36.0 Å². The third kappa shape index (κ3) is 3.85. The molecule has 1 saturated heterocycles. The van der Waals surface area contributed by atoms with Gasteiger partial charge in [-0.1, -0.05) is 11.6 Å². The zero-order valence-corrected chi connectivity index (χ0v) is 15.9. The van der Waals surface area contributed by atoms with Crippen LogP contribution in [-0.4, -0.2) is 50.3 Å². The molecule has 0 radical (unpaired) electrons. The van der Waals surface area contributed by atoms with E-state index in [-0.39, 0.29) is 5.69 Å². The minimum atomic E-state index is -4.92. The summed E-state index contributed by atoms with van der Waals surface area (Å²) in [7, 11) is -4.92. The van der Waals surface area contributed by atoms with Gasteiger partial charge in [0.25, 0.3) is 5.69 Å². The number of hydrogen-bond acceptors (Lipinski definition) is 7. The van der Waals surface area contributed by atoms with E-state index in [1.807, 2.05) is 4.90 Å². The van der Waals surface area contributed by atoms with Gasteiger partial charge in [-0.15, -0.1) is 0 Å². The summed E-state index contributed by atoms with van der Waals surface area (Å²) in [5, 5.41) is 11.9. The van der Waals surface area contributed by atoms with E-state index in [2.05, 4.69) is 4.98 Å². The van der Waals surface area contributed by atoms with Gasteiger partial charge in [0.2, 0.25) is 9.84 Å². The molecule has 0 N–H and O–H groups in total. The maximum Gasteiger partial charge on any atom is 0.341 e. The predicted molar refractivity (Wildman–Crippen MR) is 100.0 cm³/mol. The molecule has 0 aliphatic carbocycles. The Hall–Kier alpha value is -2.53. The summed E-state index contributed by atoms with van der Waals surface area (Å²) in [5.74, 6) is -3.04. The number of anilines is 2. The number of piperazine rings is 1. The molecule has 0 saturated carbocycles. The highest BCUT2D eigenvalue weighted by Crippen LogP contribution is 2.33. The van der Waals surface area contributed by atoms with Crippen LogP contribution in [0.25, 0.3) is 0 Å². The van der Waals surface area contributed by atoms with Crippen LogP contribution in [0.1, 0.15) is 0 Å². The number of nitrogens with zero attached hydrogens (tertiary/aromatic N) is 4. The van der Waals surface area contributed by atoms with Crippen LogP contribution in [0.5, 0.6) is 0 Å². The smallest absolute Gasteiger partial charge is 0.341 e. The second kappa shape index (κ2) is 7.84. The van der Waals surface area contributed by atoms with Crippen molar-refractivity contribution < 1.29 is 22.1 Å². The number of benzene rings is 1. The summed E-state index contributed by atoms with van der Waals surface area (Å²) >= 11 is 6.14. The molecule has 8 nitrogen and oxygen atoms in total. The van der Waals surface area contributed by atoms with E-state index in [0.717, 1.165) is 6.07 Å². The lowest BCUT2D eigenvalue weighted by atomic mass is 10.2. The van der Waals surface area contributed by atoms with Crippen LogP contribution < -0.4 is 9.80 Å². The molecule has 12 heteroatoms. The van der Waals surface area contributed by atoms with Crippen molar-refractivity contribution >= 4 is 38.6 Å². The number of nitro groups is 1. The van der Waals surface area contributed by atoms with Crippen molar-refractivity contribution in [3.05, 3.63) is 51.7 Å². The summed E-state index contributed by atoms with van der Waals surface area (Å²) in [6.45, 7) is 1.72. The molecule has 2 aromatic rings. The van der Waals surface area contributed by atoms with Crippen LogP contribution in [0.15, 0.2) is 41.4 Å². The van der Waals surface area contributed by atoms with Gasteiger partial charge in [-0.25, -0.2) is 13.4 Å². The van der Waals surface area contributed by atoms with Gasteiger partial charge in [-0.05, 0) is 24.3 Å². The number of halogens is 3. The molecule has 1 aliphatic rings. The van der Waals surface area contributed by atoms with Crippen molar-refractivity contribution in [1.82, 2.24) is 4.98 Å². The molecule has 1 aliphatic heterocycles. The fourth-order valence-corrected chi connectivity index (χ4v) is 3.95. The molecule has 150 valence electrons. The number of sulfone groups is 1. The highest BCUT2D eigenvalue weighted by Gasteiger charge is 2.31. The molecule has 28 heavy (non-hydrogen) atoms. The highest BCUT2D eigenvalue weighted by atomic mass is 35.5. The highest BCUT2D eigenvalue weighted by molar-refractivity contribution is 7.91. The lowest BCUT2D eigenvalue weighted by Crippen LogP contribution is -2.47. The molecule has 0 amide bonds. The van der Waals surface area contributed by atoms with Gasteiger partial charge < -0.3 is 9.80 Å². The summed E-state index contributed by atoms with van der Waals surface area (Å²) in [6.07, 6.45) is 1.61. The number of nitro benzene ring substituents is 1. The fraction of sp³-hybridized carbons (Fsp3) is 0.312. The average molecular weight is 433 g/mol. The van der Waals surface area contributed by atoms with Gasteiger partial charge in [0.1, 0.15) is 11.5 Å². The predicted octanol–water partition coefficient (Wildman–Crippen LogP) is 2.97. The molecular weight excluding hydrogens is 418 g/mol. The summed E-state index contributed by atoms with van der Waals surface area (Å²) in [6, 6.07) is 6.26. The molecular formula is C16H15ClF2N4O4S. The van der Waals surface area contributed by atoms with Crippen LogP contribution in [0, 0.1) is 10.1 Å². The second-order valence-corrected chi connectivity index (χ2v) is 8.32. The van der Waals surface area contributed by atoms with Gasteiger partial charge >= 0.3 is 5.76 Å². The first-order valence-corrected chi connectivity index (χ1v) is 10.0. The van der Waals surface area contributed by atoms with Gasteiger partial charge in [0, 0.05) is 38.4 Å². The molecule has 1 fully saturated rings. The lowest BCUT2D eigenvalue weighted by molar-refractivity contribution is -0.384. The van der Waals surface area contributed by atoms with Crippen LogP contribution in [-0.2, 0) is 9.84 Å². The molecule has 1 aromatic carbocycles. The number of aromatic nitrogens is 1. The van der Waals surface area contributed by atoms with Crippen molar-refractivity contribution in [1.29, 1.82) is 0 Å². The first-order valence-electron chi connectivity index (χ1n) is 8.12. The van der Waals surface area contributed by atoms with Gasteiger partial charge in [-0.3, -0.25) is 10.1 Å². The Bertz CT molecular complexity index is 998. The lowest BCUT2D eigenvalue weighted by Gasteiger charge is -2.36.